The van der Waals surface area contributed by atoms with E-state index in [4.69, 9.17) is 0 Å². The van der Waals surface area contributed by atoms with E-state index in [9.17, 15) is 4.79 Å². The Morgan fingerprint density at radius 1 is 1.35 bits per heavy atom. The number of aryl methyl sites for hydroxylation is 1. The van der Waals surface area contributed by atoms with Gasteiger partial charge in [0.05, 0.1) is 5.56 Å². The molecule has 0 spiro atoms. The first-order valence-corrected chi connectivity index (χ1v) is 8.46. The molecule has 0 radical (unpaired) electrons. The van der Waals surface area contributed by atoms with E-state index < -0.39 is 0 Å². The van der Waals surface area contributed by atoms with E-state index in [1.54, 1.807) is 0 Å². The second kappa shape index (κ2) is 7.26. The van der Waals surface area contributed by atoms with Gasteiger partial charge in [-0.05, 0) is 65.7 Å². The number of rotatable bonds is 3. The van der Waals surface area contributed by atoms with Crippen LogP contribution in [0.2, 0.25) is 0 Å². The smallest absolute Gasteiger partial charge is 0.254 e. The summed E-state index contributed by atoms with van der Waals surface area (Å²) >= 11 is 3.52. The molecule has 3 heteroatoms. The van der Waals surface area contributed by atoms with E-state index >= 15 is 0 Å². The van der Waals surface area contributed by atoms with Crippen molar-refractivity contribution in [3.05, 3.63) is 33.8 Å². The minimum Gasteiger partial charge on any atom is -0.339 e. The molecule has 2 rings (SSSR count). The molecule has 0 saturated carbocycles. The van der Waals surface area contributed by atoms with E-state index in [-0.39, 0.29) is 5.91 Å². The molecule has 2 nitrogen and oxygen atoms in total. The summed E-state index contributed by atoms with van der Waals surface area (Å²) in [6, 6.07) is 5.97. The Hall–Kier alpha value is -0.830. The molecule has 1 heterocycles. The van der Waals surface area contributed by atoms with Crippen LogP contribution in [0, 0.1) is 12.8 Å². The van der Waals surface area contributed by atoms with Crippen molar-refractivity contribution in [2.24, 2.45) is 5.92 Å². The van der Waals surface area contributed by atoms with Crippen LogP contribution in [0.4, 0.5) is 0 Å². The van der Waals surface area contributed by atoms with Crippen molar-refractivity contribution in [3.63, 3.8) is 0 Å². The van der Waals surface area contributed by atoms with Crippen molar-refractivity contribution in [2.75, 3.05) is 13.1 Å². The van der Waals surface area contributed by atoms with Gasteiger partial charge in [-0.2, -0.15) is 0 Å². The zero-order chi connectivity index (χ0) is 14.5. The Labute approximate surface area is 130 Å². The predicted octanol–water partition coefficient (Wildman–Crippen LogP) is 4.80. The van der Waals surface area contributed by atoms with Gasteiger partial charge in [-0.15, -0.1) is 0 Å². The van der Waals surface area contributed by atoms with Crippen LogP contribution < -0.4 is 0 Å². The molecule has 1 unspecified atom stereocenters. The second-order valence-electron chi connectivity index (χ2n) is 5.86. The fourth-order valence-corrected chi connectivity index (χ4v) is 3.69. The highest BCUT2D eigenvalue weighted by atomic mass is 79.9. The van der Waals surface area contributed by atoms with Crippen LogP contribution in [0.1, 0.15) is 54.9 Å². The Morgan fingerprint density at radius 3 is 2.85 bits per heavy atom. The van der Waals surface area contributed by atoms with Crippen LogP contribution in [0.25, 0.3) is 0 Å². The van der Waals surface area contributed by atoms with Crippen LogP contribution in [0.5, 0.6) is 0 Å². The van der Waals surface area contributed by atoms with Crippen molar-refractivity contribution >= 4 is 21.8 Å². The molecule has 20 heavy (non-hydrogen) atoms. The fraction of sp³-hybridized carbons (Fsp3) is 0.588. The van der Waals surface area contributed by atoms with Gasteiger partial charge in [-0.3, -0.25) is 4.79 Å². The fourth-order valence-electron chi connectivity index (χ4n) is 3.03. The molecule has 1 fully saturated rings. The van der Waals surface area contributed by atoms with E-state index in [0.717, 1.165) is 41.9 Å². The standard InChI is InChI=1S/C17H24BrNO/c1-3-5-14-6-4-10-19(11-9-14)17(20)15-8-7-13(2)12-16(15)18/h7-8,12,14H,3-6,9-11H2,1-2H3. The highest BCUT2D eigenvalue weighted by molar-refractivity contribution is 9.10. The van der Waals surface area contributed by atoms with Gasteiger partial charge in [0.25, 0.3) is 5.91 Å². The largest absolute Gasteiger partial charge is 0.339 e. The number of hydrogen-bond acceptors (Lipinski definition) is 1. The van der Waals surface area contributed by atoms with Gasteiger partial charge in [-0.1, -0.05) is 25.8 Å². The normalized spacial score (nSPS) is 19.8. The molecule has 1 aromatic carbocycles. The van der Waals surface area contributed by atoms with Crippen molar-refractivity contribution in [2.45, 2.75) is 46.0 Å². The molecular formula is C17H24BrNO. The monoisotopic (exact) mass is 337 g/mol. The quantitative estimate of drug-likeness (QED) is 0.775. The van der Waals surface area contributed by atoms with Gasteiger partial charge >= 0.3 is 0 Å². The number of carbonyl (C=O) groups is 1. The third kappa shape index (κ3) is 3.85. The molecule has 1 aliphatic rings. The molecule has 0 bridgehead atoms. The number of hydrogen-bond donors (Lipinski definition) is 0. The summed E-state index contributed by atoms with van der Waals surface area (Å²) < 4.78 is 0.914. The maximum absolute atomic E-state index is 12.6. The first-order chi connectivity index (χ1) is 9.61. The maximum Gasteiger partial charge on any atom is 0.254 e. The van der Waals surface area contributed by atoms with Crippen LogP contribution in [0.15, 0.2) is 22.7 Å². The summed E-state index contributed by atoms with van der Waals surface area (Å²) in [5, 5.41) is 0. The van der Waals surface area contributed by atoms with E-state index in [1.165, 1.54) is 24.8 Å². The molecule has 110 valence electrons. The van der Waals surface area contributed by atoms with Crippen molar-refractivity contribution < 1.29 is 4.79 Å². The molecular weight excluding hydrogens is 314 g/mol. The molecule has 1 saturated heterocycles. The number of likely N-dealkylation sites (tertiary alicyclic amines) is 1. The van der Waals surface area contributed by atoms with E-state index in [1.807, 2.05) is 30.0 Å². The Bertz CT molecular complexity index is 472. The first-order valence-electron chi connectivity index (χ1n) is 7.67. The van der Waals surface area contributed by atoms with Gasteiger partial charge in [0, 0.05) is 17.6 Å². The number of nitrogens with zero attached hydrogens (tertiary/aromatic N) is 1. The van der Waals surface area contributed by atoms with Crippen molar-refractivity contribution in [1.82, 2.24) is 4.90 Å². The van der Waals surface area contributed by atoms with Crippen molar-refractivity contribution in [3.8, 4) is 0 Å². The number of carbonyl (C=O) groups excluding carboxylic acids is 1. The molecule has 0 aliphatic carbocycles. The van der Waals surface area contributed by atoms with Gasteiger partial charge in [-0.25, -0.2) is 0 Å². The Kier molecular flexibility index (Phi) is 5.64. The highest BCUT2D eigenvalue weighted by Gasteiger charge is 2.22. The zero-order valence-electron chi connectivity index (χ0n) is 12.5. The van der Waals surface area contributed by atoms with Crippen LogP contribution >= 0.6 is 15.9 Å². The summed E-state index contributed by atoms with van der Waals surface area (Å²) in [5.74, 6) is 0.980. The summed E-state index contributed by atoms with van der Waals surface area (Å²) in [6.45, 7) is 6.10. The molecule has 1 aliphatic heterocycles. The molecule has 1 atom stereocenters. The summed E-state index contributed by atoms with van der Waals surface area (Å²) in [7, 11) is 0. The van der Waals surface area contributed by atoms with E-state index in [2.05, 4.69) is 22.9 Å². The van der Waals surface area contributed by atoms with Gasteiger partial charge in [0.1, 0.15) is 0 Å². The molecule has 1 amide bonds. The van der Waals surface area contributed by atoms with Gasteiger partial charge in [0.2, 0.25) is 0 Å². The predicted molar refractivity (Wildman–Crippen MR) is 87.0 cm³/mol. The van der Waals surface area contributed by atoms with Gasteiger partial charge < -0.3 is 4.90 Å². The Balaban J connectivity index is 2.05. The average Bonchev–Trinajstić information content (AvgIpc) is 2.64. The third-order valence-corrected chi connectivity index (χ3v) is 4.84. The summed E-state index contributed by atoms with van der Waals surface area (Å²) in [4.78, 5) is 14.7. The lowest BCUT2D eigenvalue weighted by molar-refractivity contribution is 0.0759. The Morgan fingerprint density at radius 2 is 2.15 bits per heavy atom. The SMILES string of the molecule is CCCC1CCCN(C(=O)c2ccc(C)cc2Br)CC1. The molecule has 0 N–H and O–H groups in total. The van der Waals surface area contributed by atoms with Crippen LogP contribution in [-0.2, 0) is 0 Å². The average molecular weight is 338 g/mol. The van der Waals surface area contributed by atoms with Crippen LogP contribution in [-0.4, -0.2) is 23.9 Å². The second-order valence-corrected chi connectivity index (χ2v) is 6.72. The lowest BCUT2D eigenvalue weighted by Crippen LogP contribution is -2.32. The maximum atomic E-state index is 12.6. The lowest BCUT2D eigenvalue weighted by Gasteiger charge is -2.21. The topological polar surface area (TPSA) is 20.3 Å². The van der Waals surface area contributed by atoms with Gasteiger partial charge in [0.15, 0.2) is 0 Å². The number of halogens is 1. The van der Waals surface area contributed by atoms with Crippen LogP contribution in [0.3, 0.4) is 0 Å². The van der Waals surface area contributed by atoms with E-state index in [0.29, 0.717) is 0 Å². The minimum absolute atomic E-state index is 0.175. The minimum atomic E-state index is 0.175. The first kappa shape index (κ1) is 15.6. The summed E-state index contributed by atoms with van der Waals surface area (Å²) in [5.41, 5.74) is 1.97. The van der Waals surface area contributed by atoms with Crippen molar-refractivity contribution in [1.29, 1.82) is 0 Å². The zero-order valence-corrected chi connectivity index (χ0v) is 14.1. The molecule has 1 aromatic rings. The number of amides is 1. The highest BCUT2D eigenvalue weighted by Crippen LogP contribution is 2.25. The molecule has 0 aromatic heterocycles. The number of benzene rings is 1. The lowest BCUT2D eigenvalue weighted by atomic mass is 9.96. The third-order valence-electron chi connectivity index (χ3n) is 4.19. The summed E-state index contributed by atoms with van der Waals surface area (Å²) in [6.07, 6.45) is 6.12.